The van der Waals surface area contributed by atoms with E-state index in [0.717, 1.165) is 25.1 Å². The molecule has 2 aromatic rings. The molecular formula is C19H23N3O3S. The van der Waals surface area contributed by atoms with Crippen molar-refractivity contribution in [3.05, 3.63) is 48.2 Å². The Morgan fingerprint density at radius 2 is 2.15 bits per heavy atom. The minimum atomic E-state index is -0.0496. The predicted octanol–water partition coefficient (Wildman–Crippen LogP) is 2.79. The van der Waals surface area contributed by atoms with E-state index >= 15 is 0 Å². The van der Waals surface area contributed by atoms with Gasteiger partial charge in [-0.25, -0.2) is 4.98 Å². The Morgan fingerprint density at radius 3 is 2.96 bits per heavy atom. The van der Waals surface area contributed by atoms with Crippen LogP contribution in [-0.2, 0) is 10.5 Å². The third-order valence-corrected chi connectivity index (χ3v) is 5.13. The highest BCUT2D eigenvalue weighted by Gasteiger charge is 2.25. The van der Waals surface area contributed by atoms with Crippen LogP contribution in [0.4, 0.5) is 0 Å². The number of likely N-dealkylation sites (tertiary alicyclic amines) is 1. The summed E-state index contributed by atoms with van der Waals surface area (Å²) in [6, 6.07) is 12.2. The van der Waals surface area contributed by atoms with Crippen molar-refractivity contribution >= 4 is 17.7 Å². The molecule has 1 aliphatic rings. The van der Waals surface area contributed by atoms with Crippen molar-refractivity contribution in [3.63, 3.8) is 0 Å². The Bertz CT molecular complexity index is 714. The lowest BCUT2D eigenvalue weighted by Crippen LogP contribution is -2.45. The second-order valence-electron chi connectivity index (χ2n) is 6.08. The van der Waals surface area contributed by atoms with E-state index in [1.807, 2.05) is 23.1 Å². The summed E-state index contributed by atoms with van der Waals surface area (Å²) in [5, 5.41) is 0. The van der Waals surface area contributed by atoms with E-state index in [2.05, 4.69) is 22.1 Å². The van der Waals surface area contributed by atoms with Crippen LogP contribution in [-0.4, -0.2) is 52.8 Å². The van der Waals surface area contributed by atoms with Crippen LogP contribution in [0.2, 0.25) is 0 Å². The lowest BCUT2D eigenvalue weighted by molar-refractivity contribution is -0.130. The van der Waals surface area contributed by atoms with Crippen LogP contribution >= 0.6 is 11.8 Å². The van der Waals surface area contributed by atoms with Crippen molar-refractivity contribution in [3.8, 4) is 11.9 Å². The molecule has 7 heteroatoms. The van der Waals surface area contributed by atoms with Crippen LogP contribution in [0.1, 0.15) is 18.4 Å². The van der Waals surface area contributed by atoms with Gasteiger partial charge in [-0.3, -0.25) is 4.79 Å². The number of benzene rings is 1. The van der Waals surface area contributed by atoms with Gasteiger partial charge in [-0.2, -0.15) is 4.98 Å². The number of nitrogens with zero attached hydrogens (tertiary/aromatic N) is 3. The molecule has 6 nitrogen and oxygen atoms in total. The van der Waals surface area contributed by atoms with E-state index in [4.69, 9.17) is 9.47 Å². The fourth-order valence-corrected chi connectivity index (χ4v) is 3.73. The molecule has 3 rings (SSSR count). The van der Waals surface area contributed by atoms with Crippen LogP contribution < -0.4 is 9.47 Å². The third-order valence-electron chi connectivity index (χ3n) is 4.15. The monoisotopic (exact) mass is 373 g/mol. The van der Waals surface area contributed by atoms with Crippen LogP contribution in [0.15, 0.2) is 42.6 Å². The van der Waals surface area contributed by atoms with Gasteiger partial charge in [0, 0.05) is 24.6 Å². The minimum absolute atomic E-state index is 0.0496. The van der Waals surface area contributed by atoms with Crippen LogP contribution in [0.25, 0.3) is 0 Å². The number of hydrogen-bond donors (Lipinski definition) is 0. The van der Waals surface area contributed by atoms with Gasteiger partial charge in [-0.15, -0.1) is 11.8 Å². The van der Waals surface area contributed by atoms with Crippen molar-refractivity contribution < 1.29 is 14.3 Å². The molecule has 138 valence electrons. The topological polar surface area (TPSA) is 64.6 Å². The van der Waals surface area contributed by atoms with Gasteiger partial charge >= 0.3 is 6.01 Å². The molecule has 2 heterocycles. The number of amides is 1. The van der Waals surface area contributed by atoms with Crippen molar-refractivity contribution in [2.45, 2.75) is 24.7 Å². The van der Waals surface area contributed by atoms with Gasteiger partial charge in [0.15, 0.2) is 0 Å². The molecule has 0 bridgehead atoms. The number of piperidine rings is 1. The summed E-state index contributed by atoms with van der Waals surface area (Å²) in [4.78, 5) is 22.5. The Labute approximate surface area is 157 Å². The molecule has 1 fully saturated rings. The molecule has 1 saturated heterocycles. The van der Waals surface area contributed by atoms with Crippen molar-refractivity contribution in [2.24, 2.45) is 0 Å². The average molecular weight is 373 g/mol. The zero-order valence-corrected chi connectivity index (χ0v) is 15.7. The number of hydrogen-bond acceptors (Lipinski definition) is 6. The van der Waals surface area contributed by atoms with Gasteiger partial charge < -0.3 is 14.4 Å². The van der Waals surface area contributed by atoms with Crippen molar-refractivity contribution in [1.82, 2.24) is 14.9 Å². The summed E-state index contributed by atoms with van der Waals surface area (Å²) in [6.07, 6.45) is 3.40. The number of rotatable bonds is 7. The van der Waals surface area contributed by atoms with E-state index in [0.29, 0.717) is 18.2 Å². The number of ether oxygens (including phenoxy) is 2. The summed E-state index contributed by atoms with van der Waals surface area (Å²) in [7, 11) is 1.52. The molecule has 0 N–H and O–H groups in total. The normalized spacial score (nSPS) is 17.0. The second-order valence-corrected chi connectivity index (χ2v) is 7.07. The van der Waals surface area contributed by atoms with Gasteiger partial charge in [0.2, 0.25) is 11.8 Å². The summed E-state index contributed by atoms with van der Waals surface area (Å²) < 4.78 is 10.9. The fraction of sp³-hybridized carbons (Fsp3) is 0.421. The molecular weight excluding hydrogens is 350 g/mol. The van der Waals surface area contributed by atoms with E-state index in [-0.39, 0.29) is 18.0 Å². The summed E-state index contributed by atoms with van der Waals surface area (Å²) >= 11 is 1.65. The number of carbonyl (C=O) groups is 1. The summed E-state index contributed by atoms with van der Waals surface area (Å²) in [6.45, 7) is 1.38. The van der Waals surface area contributed by atoms with E-state index in [9.17, 15) is 4.79 Å². The van der Waals surface area contributed by atoms with Gasteiger partial charge in [-0.05, 0) is 18.4 Å². The van der Waals surface area contributed by atoms with Crippen LogP contribution in [0, 0.1) is 0 Å². The largest absolute Gasteiger partial charge is 0.472 e. The SMILES string of the molecule is COc1nccc(OC2CCCN(C(=O)CSCc3ccccc3)C2)n1. The molecule has 26 heavy (non-hydrogen) atoms. The molecule has 0 saturated carbocycles. The van der Waals surface area contributed by atoms with E-state index < -0.39 is 0 Å². The smallest absolute Gasteiger partial charge is 0.319 e. The van der Waals surface area contributed by atoms with Gasteiger partial charge in [0.05, 0.1) is 19.4 Å². The first-order valence-electron chi connectivity index (χ1n) is 8.68. The molecule has 0 radical (unpaired) electrons. The Morgan fingerprint density at radius 1 is 1.31 bits per heavy atom. The molecule has 1 aliphatic heterocycles. The quantitative estimate of drug-likeness (QED) is 0.744. The van der Waals surface area contributed by atoms with Gasteiger partial charge in [-0.1, -0.05) is 30.3 Å². The number of carbonyl (C=O) groups excluding carboxylic acids is 1. The fourth-order valence-electron chi connectivity index (χ4n) is 2.84. The highest BCUT2D eigenvalue weighted by molar-refractivity contribution is 7.99. The molecule has 1 aromatic heterocycles. The maximum Gasteiger partial charge on any atom is 0.319 e. The Kier molecular flexibility index (Phi) is 6.71. The first kappa shape index (κ1) is 18.5. The first-order valence-corrected chi connectivity index (χ1v) is 9.83. The van der Waals surface area contributed by atoms with Crippen LogP contribution in [0.3, 0.4) is 0 Å². The minimum Gasteiger partial charge on any atom is -0.472 e. The number of thioether (sulfide) groups is 1. The first-order chi connectivity index (χ1) is 12.7. The second kappa shape index (κ2) is 9.43. The van der Waals surface area contributed by atoms with Gasteiger partial charge in [0.1, 0.15) is 6.10 Å². The maximum atomic E-state index is 12.5. The zero-order chi connectivity index (χ0) is 18.2. The van der Waals surface area contributed by atoms with Crippen molar-refractivity contribution in [1.29, 1.82) is 0 Å². The van der Waals surface area contributed by atoms with Crippen LogP contribution in [0.5, 0.6) is 11.9 Å². The van der Waals surface area contributed by atoms with E-state index in [1.165, 1.54) is 12.7 Å². The lowest BCUT2D eigenvalue weighted by Gasteiger charge is -2.32. The van der Waals surface area contributed by atoms with Crippen molar-refractivity contribution in [2.75, 3.05) is 26.0 Å². The molecule has 1 amide bonds. The summed E-state index contributed by atoms with van der Waals surface area (Å²) in [5.41, 5.74) is 1.24. The molecule has 0 spiro atoms. The average Bonchev–Trinajstić information content (AvgIpc) is 2.69. The molecule has 1 atom stereocenters. The standard InChI is InChI=1S/C19H23N3O3S/c1-24-19-20-10-9-17(21-19)25-16-8-5-11-22(12-16)18(23)14-26-13-15-6-3-2-4-7-15/h2-4,6-7,9-10,16H,5,8,11-14H2,1H3. The third kappa shape index (κ3) is 5.36. The molecule has 0 aliphatic carbocycles. The highest BCUT2D eigenvalue weighted by atomic mass is 32.2. The molecule has 1 unspecified atom stereocenters. The summed E-state index contributed by atoms with van der Waals surface area (Å²) in [5.74, 6) is 1.98. The molecule has 1 aromatic carbocycles. The number of methoxy groups -OCH3 is 1. The Balaban J connectivity index is 1.47. The van der Waals surface area contributed by atoms with E-state index in [1.54, 1.807) is 24.0 Å². The Hall–Kier alpha value is -2.28. The van der Waals surface area contributed by atoms with Gasteiger partial charge in [0.25, 0.3) is 0 Å². The highest BCUT2D eigenvalue weighted by Crippen LogP contribution is 2.19. The lowest BCUT2D eigenvalue weighted by atomic mass is 10.1. The number of aromatic nitrogens is 2. The predicted molar refractivity (Wildman–Crippen MR) is 101 cm³/mol. The maximum absolute atomic E-state index is 12.5. The zero-order valence-electron chi connectivity index (χ0n) is 14.8.